The quantitative estimate of drug-likeness (QED) is 0.101. The molecule has 0 spiro atoms. The summed E-state index contributed by atoms with van der Waals surface area (Å²) in [5.74, 6) is -9.90. The molecule has 148 valence electrons. The normalized spacial score (nSPS) is 10.1. The Hall–Kier alpha value is -2.42. The van der Waals surface area contributed by atoms with Crippen LogP contribution in [0.2, 0.25) is 0 Å². The number of rotatable bonds is 5. The third kappa shape index (κ3) is 9.46. The van der Waals surface area contributed by atoms with Gasteiger partial charge in [0.1, 0.15) is 0 Å². The Morgan fingerprint density at radius 3 is 2.00 bits per heavy atom. The van der Waals surface area contributed by atoms with E-state index in [1.807, 2.05) is 21.6 Å². The average Bonchev–Trinajstić information content (AvgIpc) is 2.47. The van der Waals surface area contributed by atoms with E-state index in [2.05, 4.69) is 31.8 Å². The van der Waals surface area contributed by atoms with Gasteiger partial charge in [0.25, 0.3) is 0 Å². The number of carbonyl (C=O) groups is 1. The Kier molecular flexibility index (Phi) is 11.1. The number of amides is 1. The first kappa shape index (κ1) is 24.8. The van der Waals surface area contributed by atoms with Gasteiger partial charge >= 0.3 is 5.97 Å². The van der Waals surface area contributed by atoms with Gasteiger partial charge in [0.2, 0.25) is 17.4 Å². The summed E-state index contributed by atoms with van der Waals surface area (Å²) in [5.41, 5.74) is 0. The number of hydrogen-bond donors (Lipinski definition) is 1. The second kappa shape index (κ2) is 11.2. The van der Waals surface area contributed by atoms with Crippen molar-refractivity contribution in [2.24, 2.45) is 0 Å². The van der Waals surface area contributed by atoms with Crippen LogP contribution in [0.4, 0.5) is 17.6 Å². The molecule has 0 fully saturated rings. The van der Waals surface area contributed by atoms with Gasteiger partial charge in [0, 0.05) is 10.8 Å². The summed E-state index contributed by atoms with van der Waals surface area (Å²) < 4.78 is 55.7. The fourth-order valence-corrected chi connectivity index (χ4v) is 3.15. The van der Waals surface area contributed by atoms with Crippen molar-refractivity contribution >= 4 is 34.0 Å². The van der Waals surface area contributed by atoms with Gasteiger partial charge in [-0.15, -0.1) is 0 Å². The fraction of sp³-hybridized carbons (Fsp3) is 0.429. The zero-order chi connectivity index (χ0) is 18.9. The molecule has 11 heteroatoms. The molecule has 0 aromatic heterocycles. The summed E-state index contributed by atoms with van der Waals surface area (Å²) in [6.07, 6.45) is 3.21. The predicted molar refractivity (Wildman–Crippen MR) is 86.5 cm³/mol. The zero-order valence-corrected chi connectivity index (χ0v) is 17.7. The molecule has 1 aromatic carbocycles. The molecule has 0 atom stereocenters. The van der Waals surface area contributed by atoms with Crippen molar-refractivity contribution in [2.45, 2.75) is 25.5 Å². The van der Waals surface area contributed by atoms with Gasteiger partial charge in [-0.1, -0.05) is 42.4 Å². The van der Waals surface area contributed by atoms with Crippen LogP contribution in [0.25, 0.3) is 0 Å². The van der Waals surface area contributed by atoms with Gasteiger partial charge in [0.05, 0.1) is 6.54 Å². The van der Waals surface area contributed by atoms with E-state index in [0.717, 1.165) is 6.41 Å². The van der Waals surface area contributed by atoms with Crippen molar-refractivity contribution in [2.75, 3.05) is 12.8 Å². The molecule has 0 saturated carbocycles. The molecule has 1 aromatic rings. The molecule has 1 rings (SSSR count). The molecule has 1 N–H and O–H groups in total. The minimum atomic E-state index is -1.84. The van der Waals surface area contributed by atoms with E-state index >= 15 is 0 Å². The van der Waals surface area contributed by atoms with E-state index in [-0.39, 0.29) is 6.07 Å². The van der Waals surface area contributed by atoms with E-state index in [4.69, 9.17) is 0 Å². The van der Waals surface area contributed by atoms with Gasteiger partial charge in [-0.05, 0) is 6.26 Å². The summed E-state index contributed by atoms with van der Waals surface area (Å²) in [6.45, 7) is 5.90. The summed E-state index contributed by atoms with van der Waals surface area (Å²) in [7, 11) is 3.73. The van der Waals surface area contributed by atoms with Gasteiger partial charge in [-0.25, -0.2) is 13.6 Å². The molecule has 0 aliphatic heterocycles. The molecule has 4 nitrogen and oxygen atoms in total. The molecule has 1 amide bonds. The minimum Gasteiger partial charge on any atom is -0.521 e. The fourth-order valence-electron chi connectivity index (χ4n) is 1.15. The van der Waals surface area contributed by atoms with Crippen molar-refractivity contribution in [3.63, 3.8) is 0 Å². The summed E-state index contributed by atoms with van der Waals surface area (Å²) >= 11 is 0. The molecule has 0 aliphatic rings. The number of carbonyl (C=O) groups excluding carboxylic acids is 2. The van der Waals surface area contributed by atoms with E-state index < -0.39 is 41.5 Å². The Morgan fingerprint density at radius 1 is 1.20 bits per heavy atom. The molecule has 0 heterocycles. The smallest absolute Gasteiger partial charge is 0.328 e. The summed E-state index contributed by atoms with van der Waals surface area (Å²) in [4.78, 5) is 20.5. The van der Waals surface area contributed by atoms with E-state index in [0.29, 0.717) is 4.75 Å². The molecule has 0 aliphatic carbocycles. The molecule has 0 bridgehead atoms. The van der Waals surface area contributed by atoms with Crippen molar-refractivity contribution in [3.8, 4) is 5.75 Å². The van der Waals surface area contributed by atoms with E-state index in [9.17, 15) is 27.2 Å². The molecule has 0 unspecified atom stereocenters. The van der Waals surface area contributed by atoms with Crippen LogP contribution in [-0.2, 0) is 9.59 Å². The van der Waals surface area contributed by atoms with Crippen LogP contribution in [0, 0.1) is 23.3 Å². The first-order valence-corrected chi connectivity index (χ1v) is 8.94. The van der Waals surface area contributed by atoms with Crippen molar-refractivity contribution in [3.05, 3.63) is 29.3 Å². The van der Waals surface area contributed by atoms with Crippen LogP contribution in [0.3, 0.4) is 0 Å². The Bertz CT molecular complexity index is 560. The number of benzene rings is 1. The standard InChI is InChI=1S/C9H4F4NO3.C5H12S2.Fm/c10-4-1-5(11)8(13)9(7(4)12)17-6(16)2-14-3-15;1-5(2,3)7-6-4;/h1H,2H2,(H,14,15);1-4H3;/q-1;;. The average molecular weight is 643 g/mol. The number of hydrogen-bond acceptors (Lipinski definition) is 5. The molecular weight excluding hydrogens is 627 g/mol. The van der Waals surface area contributed by atoms with Gasteiger partial charge in [0.15, 0.2) is 11.6 Å². The maximum Gasteiger partial charge on any atom is 0.328 e. The van der Waals surface area contributed by atoms with Crippen LogP contribution in [-0.4, -0.2) is 29.9 Å². The van der Waals surface area contributed by atoms with Crippen LogP contribution in [0.1, 0.15) is 20.8 Å². The molecule has 0 saturated heterocycles. The second-order valence-corrected chi connectivity index (χ2v) is 8.31. The summed E-state index contributed by atoms with van der Waals surface area (Å²) in [5, 5.41) is 1.72. The monoisotopic (exact) mass is 643 g/mol. The third-order valence-corrected chi connectivity index (χ3v) is 4.59. The first-order valence-electron chi connectivity index (χ1n) is 6.39. The van der Waals surface area contributed by atoms with E-state index in [1.165, 1.54) is 0 Å². The third-order valence-electron chi connectivity index (χ3n) is 1.93. The predicted octanol–water partition coefficient (Wildman–Crippen LogP) is 3.60. The van der Waals surface area contributed by atoms with Crippen LogP contribution >= 0.6 is 21.6 Å². The SMILES string of the molecule is CSSC(C)(C)C.O=[C-]NCC(=O)Oc1c(F)c(F)cc(F)c1F.[Fm]. The van der Waals surface area contributed by atoms with E-state index in [1.54, 1.807) is 5.32 Å². The maximum absolute atomic E-state index is 13.0. The number of nitrogens with one attached hydrogen (secondary N) is 1. The van der Waals surface area contributed by atoms with Crippen LogP contribution in [0.15, 0.2) is 6.07 Å². The van der Waals surface area contributed by atoms with Crippen molar-refractivity contribution in [1.82, 2.24) is 5.32 Å². The van der Waals surface area contributed by atoms with Gasteiger partial charge < -0.3 is 14.8 Å². The van der Waals surface area contributed by atoms with Crippen molar-refractivity contribution < 1.29 is 31.9 Å². The minimum absolute atomic E-state index is 0. The first-order chi connectivity index (χ1) is 11.0. The second-order valence-electron chi connectivity index (χ2n) is 5.09. The molecular formula is C14H16F4FmNO3S2-. The number of ether oxygens (including phenoxy) is 1. The summed E-state index contributed by atoms with van der Waals surface area (Å²) in [6, 6.07) is -0.0283. The Labute approximate surface area is 145 Å². The molecule has 0 radical (unpaired) electrons. The number of halogens is 4. The van der Waals surface area contributed by atoms with Gasteiger partial charge in [-0.3, -0.25) is 0 Å². The topological polar surface area (TPSA) is 55.4 Å². The van der Waals surface area contributed by atoms with Gasteiger partial charge in [-0.2, -0.15) is 15.2 Å². The van der Waals surface area contributed by atoms with Crippen molar-refractivity contribution in [1.29, 1.82) is 0 Å². The molecule has 25 heavy (non-hydrogen) atoms. The largest absolute Gasteiger partial charge is 0.521 e. The Balaban J connectivity index is 0. The maximum atomic E-state index is 13.0. The zero-order valence-electron chi connectivity index (χ0n) is 13.6. The number of esters is 1. The van der Waals surface area contributed by atoms with Crippen LogP contribution in [0.5, 0.6) is 5.75 Å². The van der Waals surface area contributed by atoms with Crippen LogP contribution < -0.4 is 10.1 Å². The Morgan fingerprint density at radius 2 is 1.68 bits per heavy atom.